The maximum Gasteiger partial charge on any atom is 0.243 e. The van der Waals surface area contributed by atoms with Crippen molar-refractivity contribution in [3.05, 3.63) is 35.4 Å². The second-order valence-electron chi connectivity index (χ2n) is 6.41. The van der Waals surface area contributed by atoms with Crippen LogP contribution in [0.2, 0.25) is 0 Å². The van der Waals surface area contributed by atoms with Crippen LogP contribution < -0.4 is 11.1 Å². The summed E-state index contributed by atoms with van der Waals surface area (Å²) >= 11 is 1.61. The summed E-state index contributed by atoms with van der Waals surface area (Å²) in [7, 11) is 0. The van der Waals surface area contributed by atoms with E-state index in [-0.39, 0.29) is 23.9 Å². The number of hydrogen-bond donors (Lipinski definition) is 2. The third-order valence-electron chi connectivity index (χ3n) is 4.34. The average molecular weight is 350 g/mol. The van der Waals surface area contributed by atoms with Crippen LogP contribution in [-0.2, 0) is 9.59 Å². The Labute approximate surface area is 148 Å². The van der Waals surface area contributed by atoms with Crippen LogP contribution in [0.15, 0.2) is 24.3 Å². The number of carbonyl (C=O) groups excluding carboxylic acids is 2. The molecule has 1 aliphatic rings. The molecule has 1 saturated heterocycles. The van der Waals surface area contributed by atoms with Crippen LogP contribution in [0.1, 0.15) is 50.3 Å². The van der Waals surface area contributed by atoms with Crippen molar-refractivity contribution in [3.63, 3.8) is 0 Å². The minimum Gasteiger partial charge on any atom is -0.352 e. The van der Waals surface area contributed by atoms with Gasteiger partial charge in [-0.05, 0) is 17.0 Å². The molecule has 0 saturated carbocycles. The van der Waals surface area contributed by atoms with Crippen molar-refractivity contribution in [2.45, 2.75) is 45.2 Å². The van der Waals surface area contributed by atoms with Crippen molar-refractivity contribution in [1.29, 1.82) is 0 Å². The molecule has 0 radical (unpaired) electrons. The van der Waals surface area contributed by atoms with E-state index < -0.39 is 0 Å². The van der Waals surface area contributed by atoms with Crippen LogP contribution in [0.3, 0.4) is 0 Å². The Hall–Kier alpha value is -1.53. The van der Waals surface area contributed by atoms with Crippen LogP contribution in [0.4, 0.5) is 0 Å². The first-order chi connectivity index (χ1) is 11.4. The lowest BCUT2D eigenvalue weighted by Gasteiger charge is -2.23. The summed E-state index contributed by atoms with van der Waals surface area (Å²) in [5, 5.41) is 2.90. The maximum absolute atomic E-state index is 12.4. The minimum absolute atomic E-state index is 0.0220. The second kappa shape index (κ2) is 8.53. The Morgan fingerprint density at radius 2 is 1.92 bits per heavy atom. The first-order valence-electron chi connectivity index (χ1n) is 8.44. The lowest BCUT2D eigenvalue weighted by atomic mass is 9.99. The van der Waals surface area contributed by atoms with E-state index >= 15 is 0 Å². The molecule has 2 rings (SSSR count). The number of nitrogens with one attached hydrogen (secondary N) is 1. The molecule has 132 valence electrons. The molecule has 6 heteroatoms. The number of hydrogen-bond acceptors (Lipinski definition) is 4. The standard InChI is InChI=1S/C18H27N3O2S/c1-4-17(22)21-11-24-10-16(21)18(23)20-9-15(19)14-7-5-13(6-8-14)12(2)3/h5-8,12,15-16H,4,9-11,19H2,1-3H3,(H,20,23). The van der Waals surface area contributed by atoms with Gasteiger partial charge in [0.25, 0.3) is 0 Å². The zero-order valence-corrected chi connectivity index (χ0v) is 15.4. The van der Waals surface area contributed by atoms with Crippen molar-refractivity contribution in [2.24, 2.45) is 5.73 Å². The van der Waals surface area contributed by atoms with Gasteiger partial charge < -0.3 is 16.0 Å². The maximum atomic E-state index is 12.4. The summed E-state index contributed by atoms with van der Waals surface area (Å²) in [4.78, 5) is 25.9. The summed E-state index contributed by atoms with van der Waals surface area (Å²) in [5.41, 5.74) is 8.46. The van der Waals surface area contributed by atoms with Gasteiger partial charge in [0.1, 0.15) is 6.04 Å². The molecule has 1 heterocycles. The monoisotopic (exact) mass is 349 g/mol. The van der Waals surface area contributed by atoms with E-state index in [1.54, 1.807) is 16.7 Å². The largest absolute Gasteiger partial charge is 0.352 e. The quantitative estimate of drug-likeness (QED) is 0.826. The Bertz CT molecular complexity index is 574. The van der Waals surface area contributed by atoms with E-state index in [9.17, 15) is 9.59 Å². The molecule has 2 unspecified atom stereocenters. The van der Waals surface area contributed by atoms with Gasteiger partial charge in [0.15, 0.2) is 0 Å². The highest BCUT2D eigenvalue weighted by Gasteiger charge is 2.33. The van der Waals surface area contributed by atoms with Crippen molar-refractivity contribution in [1.82, 2.24) is 10.2 Å². The minimum atomic E-state index is -0.377. The van der Waals surface area contributed by atoms with Gasteiger partial charge in [-0.2, -0.15) is 0 Å². The Kier molecular flexibility index (Phi) is 6.69. The highest BCUT2D eigenvalue weighted by atomic mass is 32.2. The zero-order valence-electron chi connectivity index (χ0n) is 14.6. The molecule has 0 bridgehead atoms. The second-order valence-corrected chi connectivity index (χ2v) is 7.41. The molecular weight excluding hydrogens is 322 g/mol. The third kappa shape index (κ3) is 4.51. The molecule has 0 aliphatic carbocycles. The predicted octanol–water partition coefficient (Wildman–Crippen LogP) is 2.24. The fourth-order valence-electron chi connectivity index (χ4n) is 2.68. The van der Waals surface area contributed by atoms with E-state index in [2.05, 4.69) is 31.3 Å². The Morgan fingerprint density at radius 1 is 1.29 bits per heavy atom. The van der Waals surface area contributed by atoms with Crippen LogP contribution >= 0.6 is 11.8 Å². The summed E-state index contributed by atoms with van der Waals surface area (Å²) in [5.74, 6) is 1.63. The van der Waals surface area contributed by atoms with Crippen molar-refractivity contribution >= 4 is 23.6 Å². The van der Waals surface area contributed by atoms with Crippen molar-refractivity contribution in [3.8, 4) is 0 Å². The highest BCUT2D eigenvalue weighted by molar-refractivity contribution is 7.99. The summed E-state index contributed by atoms with van der Waals surface area (Å²) < 4.78 is 0. The number of nitrogens with two attached hydrogens (primary N) is 1. The summed E-state index contributed by atoms with van der Waals surface area (Å²) in [6, 6.07) is 7.57. The number of thioether (sulfide) groups is 1. The van der Waals surface area contributed by atoms with Gasteiger partial charge in [-0.1, -0.05) is 45.0 Å². The predicted molar refractivity (Wildman–Crippen MR) is 98.7 cm³/mol. The van der Waals surface area contributed by atoms with Gasteiger partial charge in [-0.15, -0.1) is 11.8 Å². The normalized spacial score (nSPS) is 18.7. The number of benzene rings is 1. The third-order valence-corrected chi connectivity index (χ3v) is 5.35. The average Bonchev–Trinajstić information content (AvgIpc) is 3.08. The molecule has 24 heavy (non-hydrogen) atoms. The smallest absolute Gasteiger partial charge is 0.243 e. The van der Waals surface area contributed by atoms with E-state index in [1.165, 1.54) is 5.56 Å². The highest BCUT2D eigenvalue weighted by Crippen LogP contribution is 2.22. The number of nitrogens with zero attached hydrogens (tertiary/aromatic N) is 1. The molecule has 1 fully saturated rings. The Balaban J connectivity index is 1.89. The first kappa shape index (κ1) is 18.8. The molecule has 0 aromatic heterocycles. The molecule has 1 aliphatic heterocycles. The summed E-state index contributed by atoms with van der Waals surface area (Å²) in [6.45, 7) is 6.49. The molecule has 2 amide bonds. The van der Waals surface area contributed by atoms with Crippen LogP contribution in [0, 0.1) is 0 Å². The van der Waals surface area contributed by atoms with Crippen LogP contribution in [0.5, 0.6) is 0 Å². The molecule has 2 atom stereocenters. The first-order valence-corrected chi connectivity index (χ1v) is 9.59. The Morgan fingerprint density at radius 3 is 2.50 bits per heavy atom. The van der Waals surface area contributed by atoms with E-state index in [0.717, 1.165) is 5.56 Å². The van der Waals surface area contributed by atoms with Crippen molar-refractivity contribution < 1.29 is 9.59 Å². The molecule has 1 aromatic carbocycles. The van der Waals surface area contributed by atoms with Gasteiger partial charge in [-0.25, -0.2) is 0 Å². The van der Waals surface area contributed by atoms with Gasteiger partial charge >= 0.3 is 0 Å². The summed E-state index contributed by atoms with van der Waals surface area (Å²) in [6.07, 6.45) is 0.423. The van der Waals surface area contributed by atoms with Crippen molar-refractivity contribution in [2.75, 3.05) is 18.2 Å². The molecular formula is C18H27N3O2S. The van der Waals surface area contributed by atoms with Crippen LogP contribution in [0.25, 0.3) is 0 Å². The molecule has 1 aromatic rings. The van der Waals surface area contributed by atoms with Gasteiger partial charge in [0.05, 0.1) is 5.88 Å². The fourth-order valence-corrected chi connectivity index (χ4v) is 3.86. The number of amides is 2. The molecule has 5 nitrogen and oxygen atoms in total. The molecule has 0 spiro atoms. The lowest BCUT2D eigenvalue weighted by Crippen LogP contribution is -2.48. The molecule has 3 N–H and O–H groups in total. The SMILES string of the molecule is CCC(=O)N1CSCC1C(=O)NCC(N)c1ccc(C(C)C)cc1. The van der Waals surface area contributed by atoms with E-state index in [1.807, 2.05) is 19.1 Å². The fraction of sp³-hybridized carbons (Fsp3) is 0.556. The number of rotatable bonds is 6. The van der Waals surface area contributed by atoms with Gasteiger partial charge in [0.2, 0.25) is 11.8 Å². The zero-order chi connectivity index (χ0) is 17.7. The topological polar surface area (TPSA) is 75.4 Å². The van der Waals surface area contributed by atoms with Crippen LogP contribution in [-0.4, -0.2) is 40.9 Å². The van der Waals surface area contributed by atoms with E-state index in [4.69, 9.17) is 5.73 Å². The van der Waals surface area contributed by atoms with Gasteiger partial charge in [-0.3, -0.25) is 9.59 Å². The van der Waals surface area contributed by atoms with E-state index in [0.29, 0.717) is 30.5 Å². The lowest BCUT2D eigenvalue weighted by molar-refractivity contribution is -0.137. The number of carbonyl (C=O) groups is 2. The van der Waals surface area contributed by atoms with Gasteiger partial charge in [0, 0.05) is 24.8 Å².